The topological polar surface area (TPSA) is 64.4 Å². The molecule has 2 rings (SSSR count). The Hall–Kier alpha value is -2.33. The summed E-state index contributed by atoms with van der Waals surface area (Å²) in [5.74, 6) is 0.590. The van der Waals surface area contributed by atoms with E-state index in [9.17, 15) is 4.79 Å². The molecule has 0 heterocycles. The number of hydrogen-bond donors (Lipinski definition) is 2. The number of ether oxygens (including phenoxy) is 1. The van der Waals surface area contributed by atoms with Gasteiger partial charge in [0, 0.05) is 5.69 Å². The van der Waals surface area contributed by atoms with Gasteiger partial charge in [-0.3, -0.25) is 4.79 Å². The third-order valence-corrected chi connectivity index (χ3v) is 3.15. The molecule has 2 aromatic carbocycles. The van der Waals surface area contributed by atoms with Crippen molar-refractivity contribution in [1.29, 1.82) is 0 Å². The number of hydrogen-bond acceptors (Lipinski definition) is 3. The van der Waals surface area contributed by atoms with Gasteiger partial charge in [-0.25, -0.2) is 0 Å². The molecule has 0 bridgehead atoms. The SMILES string of the molecule is CCC(N)C(=O)Nc1ccc(OCc2ccccc2)cc1. The number of carbonyl (C=O) groups excluding carboxylic acids is 1. The van der Waals surface area contributed by atoms with Crippen LogP contribution >= 0.6 is 0 Å². The standard InChI is InChI=1S/C17H20N2O2/c1-2-16(18)17(20)19-14-8-10-15(11-9-14)21-12-13-6-4-3-5-7-13/h3-11,16H,2,12,18H2,1H3,(H,19,20). The van der Waals surface area contributed by atoms with Gasteiger partial charge < -0.3 is 15.8 Å². The van der Waals surface area contributed by atoms with Crippen LogP contribution in [-0.4, -0.2) is 11.9 Å². The van der Waals surface area contributed by atoms with Crippen molar-refractivity contribution in [1.82, 2.24) is 0 Å². The number of carbonyl (C=O) groups is 1. The van der Waals surface area contributed by atoms with E-state index in [1.165, 1.54) is 0 Å². The lowest BCUT2D eigenvalue weighted by atomic mass is 10.2. The molecular weight excluding hydrogens is 264 g/mol. The Kier molecular flexibility index (Phi) is 5.35. The second-order valence-corrected chi connectivity index (χ2v) is 4.80. The molecule has 110 valence electrons. The van der Waals surface area contributed by atoms with Crippen LogP contribution in [0.4, 0.5) is 5.69 Å². The molecule has 0 aromatic heterocycles. The molecule has 0 fully saturated rings. The van der Waals surface area contributed by atoms with Gasteiger partial charge in [0.25, 0.3) is 0 Å². The summed E-state index contributed by atoms with van der Waals surface area (Å²) >= 11 is 0. The lowest BCUT2D eigenvalue weighted by Gasteiger charge is -2.11. The van der Waals surface area contributed by atoms with Crippen LogP contribution in [0.5, 0.6) is 5.75 Å². The Morgan fingerprint density at radius 3 is 2.43 bits per heavy atom. The third kappa shape index (κ3) is 4.61. The van der Waals surface area contributed by atoms with E-state index in [2.05, 4.69) is 5.32 Å². The molecule has 0 spiro atoms. The molecular formula is C17H20N2O2. The maximum Gasteiger partial charge on any atom is 0.241 e. The molecule has 1 atom stereocenters. The molecule has 3 N–H and O–H groups in total. The quantitative estimate of drug-likeness (QED) is 0.857. The number of amides is 1. The van der Waals surface area contributed by atoms with Gasteiger partial charge in [0.05, 0.1) is 6.04 Å². The third-order valence-electron chi connectivity index (χ3n) is 3.15. The van der Waals surface area contributed by atoms with Gasteiger partial charge >= 0.3 is 0 Å². The summed E-state index contributed by atoms with van der Waals surface area (Å²) in [6.45, 7) is 2.40. The lowest BCUT2D eigenvalue weighted by Crippen LogP contribution is -2.34. The first-order chi connectivity index (χ1) is 10.2. The molecule has 0 aliphatic carbocycles. The molecule has 21 heavy (non-hydrogen) atoms. The molecule has 4 heteroatoms. The van der Waals surface area contributed by atoms with E-state index in [1.54, 1.807) is 12.1 Å². The zero-order valence-electron chi connectivity index (χ0n) is 12.1. The van der Waals surface area contributed by atoms with E-state index >= 15 is 0 Å². The minimum absolute atomic E-state index is 0.171. The van der Waals surface area contributed by atoms with E-state index < -0.39 is 6.04 Å². The Labute approximate surface area is 124 Å². The van der Waals surface area contributed by atoms with Crippen LogP contribution in [-0.2, 0) is 11.4 Å². The van der Waals surface area contributed by atoms with Crippen LogP contribution in [0, 0.1) is 0 Å². The van der Waals surface area contributed by atoms with Crippen LogP contribution in [0.25, 0.3) is 0 Å². The second-order valence-electron chi connectivity index (χ2n) is 4.80. The number of rotatable bonds is 6. The largest absolute Gasteiger partial charge is 0.489 e. The average molecular weight is 284 g/mol. The Bertz CT molecular complexity index is 567. The van der Waals surface area contributed by atoms with Crippen LogP contribution < -0.4 is 15.8 Å². The fraction of sp³-hybridized carbons (Fsp3) is 0.235. The Morgan fingerprint density at radius 2 is 1.81 bits per heavy atom. The normalized spacial score (nSPS) is 11.7. The molecule has 1 unspecified atom stereocenters. The van der Waals surface area contributed by atoms with E-state index in [0.29, 0.717) is 13.0 Å². The minimum Gasteiger partial charge on any atom is -0.489 e. The molecule has 0 saturated heterocycles. The van der Waals surface area contributed by atoms with Crippen molar-refractivity contribution in [2.45, 2.75) is 26.0 Å². The predicted molar refractivity (Wildman–Crippen MR) is 84.1 cm³/mol. The number of nitrogens with two attached hydrogens (primary N) is 1. The molecule has 0 radical (unpaired) electrons. The molecule has 0 aliphatic heterocycles. The highest BCUT2D eigenvalue weighted by Gasteiger charge is 2.10. The van der Waals surface area contributed by atoms with E-state index in [1.807, 2.05) is 49.4 Å². The smallest absolute Gasteiger partial charge is 0.241 e. The second kappa shape index (κ2) is 7.45. The number of benzene rings is 2. The van der Waals surface area contributed by atoms with Gasteiger partial charge in [-0.05, 0) is 36.2 Å². The molecule has 1 amide bonds. The highest BCUT2D eigenvalue weighted by molar-refractivity contribution is 5.94. The summed E-state index contributed by atoms with van der Waals surface area (Å²) in [6, 6.07) is 16.8. The number of nitrogens with one attached hydrogen (secondary N) is 1. The molecule has 0 saturated carbocycles. The van der Waals surface area contributed by atoms with Crippen molar-refractivity contribution in [2.75, 3.05) is 5.32 Å². The average Bonchev–Trinajstić information content (AvgIpc) is 2.54. The van der Waals surface area contributed by atoms with Crippen LogP contribution in [0.2, 0.25) is 0 Å². The van der Waals surface area contributed by atoms with Crippen LogP contribution in [0.3, 0.4) is 0 Å². The zero-order valence-corrected chi connectivity index (χ0v) is 12.1. The maximum atomic E-state index is 11.7. The first kappa shape index (κ1) is 15.1. The van der Waals surface area contributed by atoms with Gasteiger partial charge in [-0.1, -0.05) is 37.3 Å². The van der Waals surface area contributed by atoms with Crippen molar-refractivity contribution >= 4 is 11.6 Å². The molecule has 4 nitrogen and oxygen atoms in total. The van der Waals surface area contributed by atoms with Gasteiger partial charge in [0.1, 0.15) is 12.4 Å². The predicted octanol–water partition coefficient (Wildman–Crippen LogP) is 2.94. The van der Waals surface area contributed by atoms with Gasteiger partial charge in [-0.15, -0.1) is 0 Å². The summed E-state index contributed by atoms with van der Waals surface area (Å²) in [5.41, 5.74) is 7.50. The highest BCUT2D eigenvalue weighted by atomic mass is 16.5. The Balaban J connectivity index is 1.88. The van der Waals surface area contributed by atoms with Crippen molar-refractivity contribution in [2.24, 2.45) is 5.73 Å². The van der Waals surface area contributed by atoms with Crippen molar-refractivity contribution < 1.29 is 9.53 Å². The van der Waals surface area contributed by atoms with Crippen molar-refractivity contribution in [3.05, 3.63) is 60.2 Å². The van der Waals surface area contributed by atoms with E-state index in [0.717, 1.165) is 17.0 Å². The fourth-order valence-electron chi connectivity index (χ4n) is 1.80. The summed E-state index contributed by atoms with van der Waals surface area (Å²) in [5, 5.41) is 2.77. The van der Waals surface area contributed by atoms with Gasteiger partial charge in [-0.2, -0.15) is 0 Å². The maximum absolute atomic E-state index is 11.7. The van der Waals surface area contributed by atoms with E-state index in [4.69, 9.17) is 10.5 Å². The summed E-state index contributed by atoms with van der Waals surface area (Å²) in [4.78, 5) is 11.7. The molecule has 2 aromatic rings. The van der Waals surface area contributed by atoms with E-state index in [-0.39, 0.29) is 5.91 Å². The fourth-order valence-corrected chi connectivity index (χ4v) is 1.80. The van der Waals surface area contributed by atoms with Crippen molar-refractivity contribution in [3.63, 3.8) is 0 Å². The summed E-state index contributed by atoms with van der Waals surface area (Å²) in [6.07, 6.45) is 0.615. The summed E-state index contributed by atoms with van der Waals surface area (Å²) < 4.78 is 5.68. The zero-order chi connectivity index (χ0) is 15.1. The van der Waals surface area contributed by atoms with Crippen LogP contribution in [0.15, 0.2) is 54.6 Å². The first-order valence-electron chi connectivity index (χ1n) is 7.02. The van der Waals surface area contributed by atoms with Crippen molar-refractivity contribution in [3.8, 4) is 5.75 Å². The monoisotopic (exact) mass is 284 g/mol. The first-order valence-corrected chi connectivity index (χ1v) is 7.02. The molecule has 0 aliphatic rings. The lowest BCUT2D eigenvalue weighted by molar-refractivity contribution is -0.117. The van der Waals surface area contributed by atoms with Gasteiger partial charge in [0.2, 0.25) is 5.91 Å². The Morgan fingerprint density at radius 1 is 1.14 bits per heavy atom. The van der Waals surface area contributed by atoms with Crippen LogP contribution in [0.1, 0.15) is 18.9 Å². The summed E-state index contributed by atoms with van der Waals surface area (Å²) in [7, 11) is 0. The minimum atomic E-state index is -0.473. The van der Waals surface area contributed by atoms with Gasteiger partial charge in [0.15, 0.2) is 0 Å². The highest BCUT2D eigenvalue weighted by Crippen LogP contribution is 2.17. The number of anilines is 1.